The number of carbonyl (C=O) groups is 2. The van der Waals surface area contributed by atoms with Crippen LogP contribution in [-0.2, 0) is 0 Å². The molecule has 24 heavy (non-hydrogen) atoms. The van der Waals surface area contributed by atoms with Crippen molar-refractivity contribution < 1.29 is 30.0 Å². The Hall–Kier alpha value is -3.54. The first kappa shape index (κ1) is 14.1. The fourth-order valence-corrected chi connectivity index (χ4v) is 3.13. The molecule has 3 aromatic carbocycles. The van der Waals surface area contributed by atoms with Gasteiger partial charge in [0.2, 0.25) is 5.78 Å². The van der Waals surface area contributed by atoms with Crippen LogP contribution < -0.4 is 0 Å². The number of carbonyl (C=O) groups excluding carboxylic acids is 2. The second-order valence-electron chi connectivity index (χ2n) is 5.54. The van der Waals surface area contributed by atoms with Gasteiger partial charge in [0, 0.05) is 22.4 Å². The molecule has 4 rings (SSSR count). The fourth-order valence-electron chi connectivity index (χ4n) is 3.13. The minimum atomic E-state index is -0.796. The van der Waals surface area contributed by atoms with Gasteiger partial charge in [0.15, 0.2) is 5.78 Å². The molecule has 6 nitrogen and oxygen atoms in total. The van der Waals surface area contributed by atoms with Gasteiger partial charge in [-0.1, -0.05) is 24.3 Å². The van der Waals surface area contributed by atoms with Crippen molar-refractivity contribution >= 4 is 22.3 Å². The molecule has 0 spiro atoms. The quantitative estimate of drug-likeness (QED) is 0.370. The van der Waals surface area contributed by atoms with Gasteiger partial charge in [-0.15, -0.1) is 0 Å². The number of ketones is 2. The smallest absolute Gasteiger partial charge is 0.202 e. The molecule has 1 aliphatic rings. The third kappa shape index (κ3) is 1.59. The topological polar surface area (TPSA) is 115 Å². The Morgan fingerprint density at radius 1 is 0.667 bits per heavy atom. The third-order valence-corrected chi connectivity index (χ3v) is 4.19. The summed E-state index contributed by atoms with van der Waals surface area (Å²) in [5.74, 6) is -3.37. The number of hydrogen-bond donors (Lipinski definition) is 4. The Balaban J connectivity index is 2.18. The summed E-state index contributed by atoms with van der Waals surface area (Å²) in [5, 5.41) is 40.9. The summed E-state index contributed by atoms with van der Waals surface area (Å²) in [6, 6.07) is 8.24. The molecule has 6 heteroatoms. The number of hydrogen-bond acceptors (Lipinski definition) is 6. The molecule has 0 heterocycles. The van der Waals surface area contributed by atoms with Crippen molar-refractivity contribution in [3.8, 4) is 23.0 Å². The lowest BCUT2D eigenvalue weighted by atomic mass is 9.81. The highest BCUT2D eigenvalue weighted by Crippen LogP contribution is 2.46. The monoisotopic (exact) mass is 322 g/mol. The first-order valence-electron chi connectivity index (χ1n) is 7.03. The van der Waals surface area contributed by atoms with E-state index in [1.54, 1.807) is 12.1 Å². The van der Waals surface area contributed by atoms with E-state index in [0.717, 1.165) is 12.1 Å². The van der Waals surface area contributed by atoms with Gasteiger partial charge >= 0.3 is 0 Å². The Morgan fingerprint density at radius 2 is 1.21 bits per heavy atom. The van der Waals surface area contributed by atoms with Crippen LogP contribution in [0.15, 0.2) is 36.4 Å². The predicted octanol–water partition coefficient (Wildman–Crippen LogP) is 2.44. The van der Waals surface area contributed by atoms with Crippen LogP contribution in [0.3, 0.4) is 0 Å². The van der Waals surface area contributed by atoms with E-state index >= 15 is 0 Å². The van der Waals surface area contributed by atoms with Crippen LogP contribution in [0.5, 0.6) is 23.0 Å². The van der Waals surface area contributed by atoms with Crippen LogP contribution in [0.4, 0.5) is 0 Å². The molecular weight excluding hydrogens is 312 g/mol. The molecule has 0 fully saturated rings. The third-order valence-electron chi connectivity index (χ3n) is 4.19. The minimum Gasteiger partial charge on any atom is -0.508 e. The van der Waals surface area contributed by atoms with Gasteiger partial charge < -0.3 is 20.4 Å². The van der Waals surface area contributed by atoms with Gasteiger partial charge in [-0.2, -0.15) is 0 Å². The van der Waals surface area contributed by atoms with Crippen LogP contribution in [0.1, 0.15) is 31.8 Å². The number of phenols is 4. The normalized spacial score (nSPS) is 13.0. The summed E-state index contributed by atoms with van der Waals surface area (Å²) in [6.07, 6.45) is 0. The lowest BCUT2D eigenvalue weighted by molar-refractivity contribution is 0.0972. The van der Waals surface area contributed by atoms with Gasteiger partial charge in [-0.05, 0) is 6.07 Å². The van der Waals surface area contributed by atoms with Crippen molar-refractivity contribution in [2.45, 2.75) is 0 Å². The molecule has 0 bridgehead atoms. The molecule has 118 valence electrons. The second-order valence-corrected chi connectivity index (χ2v) is 5.54. The predicted molar refractivity (Wildman–Crippen MR) is 83.9 cm³/mol. The zero-order valence-electron chi connectivity index (χ0n) is 12.1. The van der Waals surface area contributed by atoms with Gasteiger partial charge in [-0.3, -0.25) is 9.59 Å². The van der Waals surface area contributed by atoms with Crippen molar-refractivity contribution in [2.75, 3.05) is 0 Å². The maximum absolute atomic E-state index is 12.7. The molecule has 0 saturated heterocycles. The summed E-state index contributed by atoms with van der Waals surface area (Å²) in [5.41, 5.74) is -1.23. The number of rotatable bonds is 0. The van der Waals surface area contributed by atoms with Crippen LogP contribution >= 0.6 is 0 Å². The van der Waals surface area contributed by atoms with Gasteiger partial charge in [0.25, 0.3) is 0 Å². The number of benzene rings is 3. The van der Waals surface area contributed by atoms with Gasteiger partial charge in [-0.25, -0.2) is 0 Å². The van der Waals surface area contributed by atoms with Crippen LogP contribution in [0.2, 0.25) is 0 Å². The number of aromatic hydroxyl groups is 4. The SMILES string of the molecule is O=C1c2cc(O)cc(O)c2C(=O)c2c1c(O)c1ccccc1c2O. The Kier molecular flexibility index (Phi) is 2.63. The summed E-state index contributed by atoms with van der Waals surface area (Å²) in [6.45, 7) is 0. The van der Waals surface area contributed by atoms with E-state index in [2.05, 4.69) is 0 Å². The van der Waals surface area contributed by atoms with Gasteiger partial charge in [0.1, 0.15) is 23.0 Å². The van der Waals surface area contributed by atoms with E-state index in [1.807, 2.05) is 0 Å². The highest BCUT2D eigenvalue weighted by atomic mass is 16.3. The fraction of sp³-hybridized carbons (Fsp3) is 0. The minimum absolute atomic E-state index is 0.219. The Morgan fingerprint density at radius 3 is 1.79 bits per heavy atom. The molecule has 3 aromatic rings. The second kappa shape index (κ2) is 4.48. The molecule has 0 aromatic heterocycles. The van der Waals surface area contributed by atoms with Crippen molar-refractivity contribution in [3.05, 3.63) is 58.7 Å². The maximum Gasteiger partial charge on any atom is 0.202 e. The Labute approximate surface area is 134 Å². The maximum atomic E-state index is 12.7. The lowest BCUT2D eigenvalue weighted by Crippen LogP contribution is -2.21. The van der Waals surface area contributed by atoms with E-state index in [1.165, 1.54) is 12.1 Å². The van der Waals surface area contributed by atoms with E-state index in [9.17, 15) is 30.0 Å². The van der Waals surface area contributed by atoms with Crippen molar-refractivity contribution in [3.63, 3.8) is 0 Å². The van der Waals surface area contributed by atoms with Crippen LogP contribution in [-0.4, -0.2) is 32.0 Å². The van der Waals surface area contributed by atoms with Crippen molar-refractivity contribution in [1.82, 2.24) is 0 Å². The lowest BCUT2D eigenvalue weighted by Gasteiger charge is -2.21. The Bertz CT molecular complexity index is 1080. The molecule has 0 radical (unpaired) electrons. The van der Waals surface area contributed by atoms with Crippen molar-refractivity contribution in [2.24, 2.45) is 0 Å². The molecule has 0 amide bonds. The molecule has 0 aliphatic heterocycles. The van der Waals surface area contributed by atoms with Crippen molar-refractivity contribution in [1.29, 1.82) is 0 Å². The zero-order chi connectivity index (χ0) is 17.2. The average molecular weight is 322 g/mol. The summed E-state index contributed by atoms with van der Waals surface area (Å²) < 4.78 is 0. The molecular formula is C18H10O6. The first-order chi connectivity index (χ1) is 11.4. The summed E-state index contributed by atoms with van der Waals surface area (Å²) in [7, 11) is 0. The molecule has 0 unspecified atom stereocenters. The average Bonchev–Trinajstić information content (AvgIpc) is 2.55. The highest BCUT2D eigenvalue weighted by Gasteiger charge is 2.38. The summed E-state index contributed by atoms with van der Waals surface area (Å²) >= 11 is 0. The van der Waals surface area contributed by atoms with E-state index in [4.69, 9.17) is 0 Å². The largest absolute Gasteiger partial charge is 0.508 e. The van der Waals surface area contributed by atoms with Crippen LogP contribution in [0, 0.1) is 0 Å². The molecule has 0 saturated carbocycles. The molecule has 1 aliphatic carbocycles. The van der Waals surface area contributed by atoms with E-state index < -0.39 is 28.8 Å². The number of phenolic OH excluding ortho intramolecular Hbond substituents is 4. The van der Waals surface area contributed by atoms with Gasteiger partial charge in [0.05, 0.1) is 16.7 Å². The van der Waals surface area contributed by atoms with E-state index in [-0.39, 0.29) is 38.8 Å². The van der Waals surface area contributed by atoms with Crippen LogP contribution in [0.25, 0.3) is 10.8 Å². The summed E-state index contributed by atoms with van der Waals surface area (Å²) in [4.78, 5) is 25.5. The first-order valence-corrected chi connectivity index (χ1v) is 7.03. The molecule has 0 atom stereocenters. The molecule has 4 N–H and O–H groups in total. The number of fused-ring (bicyclic) bond motifs is 3. The zero-order valence-corrected chi connectivity index (χ0v) is 12.1. The highest BCUT2D eigenvalue weighted by molar-refractivity contribution is 6.33. The standard InChI is InChI=1S/C18H10O6/c19-7-5-10-12(11(20)6-7)18(24)14-13(17(10)23)15(21)8-3-1-2-4-9(8)16(14)22/h1-6,19-22H. The van der Waals surface area contributed by atoms with E-state index in [0.29, 0.717) is 0 Å².